The monoisotopic (exact) mass is 605 g/mol. The van der Waals surface area contributed by atoms with E-state index in [0.29, 0.717) is 0 Å². The molecule has 4 bridgehead atoms. The summed E-state index contributed by atoms with van der Waals surface area (Å²) in [6, 6.07) is 0. The Bertz CT molecular complexity index is 671. The molecule has 10 unspecified atom stereocenters. The fourth-order valence-electron chi connectivity index (χ4n) is 12.7. The molecule has 0 radical (unpaired) electrons. The molecule has 0 nitrogen and oxygen atoms in total. The van der Waals surface area contributed by atoms with Gasteiger partial charge in [0.15, 0.2) is 0 Å². The standard InChI is InChI=1S/C11H14.C8H16.C7H10.C7H14.C6H12.C5H10/c1-4-5-2-9-8(1)10-6(4)3-7(5)11(9)10;1-2-4-6-8-7-5-3-1;1-2-7-4-3-6(1)5-7;1-2-4-6-7-5-3-1;1-2-4-6-5-3-1;1-2-4-5-3-1/h4-11H,1-3H2;1-8H2;1-2,6-7H,3-5H2;1-7H2;1-6H2;1-5H2. The third kappa shape index (κ3) is 9.00. The molecule has 0 heteroatoms. The Labute approximate surface area is 276 Å². The van der Waals surface area contributed by atoms with E-state index >= 15 is 0 Å². The predicted octanol–water partition coefficient (Wildman–Crippen LogP) is 14.3. The molecule has 11 aliphatic carbocycles. The van der Waals surface area contributed by atoms with Gasteiger partial charge in [-0.2, -0.15) is 0 Å². The molecule has 0 saturated heterocycles. The highest BCUT2D eigenvalue weighted by Gasteiger charge is 2.77. The molecular formula is C44H76. The summed E-state index contributed by atoms with van der Waals surface area (Å²) in [7, 11) is 0. The maximum atomic E-state index is 2.38. The molecule has 0 N–H and O–H groups in total. The van der Waals surface area contributed by atoms with Crippen LogP contribution in [0.2, 0.25) is 0 Å². The fourth-order valence-corrected chi connectivity index (χ4v) is 12.7. The van der Waals surface area contributed by atoms with Crippen molar-refractivity contribution in [2.45, 2.75) is 205 Å². The van der Waals surface area contributed by atoms with Crippen molar-refractivity contribution >= 4 is 0 Å². The van der Waals surface area contributed by atoms with E-state index in [0.717, 1.165) is 11.8 Å². The summed E-state index contributed by atoms with van der Waals surface area (Å²) in [5, 5.41) is 0. The van der Waals surface area contributed by atoms with Crippen LogP contribution in [0.25, 0.3) is 0 Å². The van der Waals surface area contributed by atoms with Gasteiger partial charge in [-0.05, 0) is 97.7 Å². The van der Waals surface area contributed by atoms with Crippen LogP contribution in [-0.4, -0.2) is 0 Å². The van der Waals surface area contributed by atoms with Crippen molar-refractivity contribution in [3.63, 3.8) is 0 Å². The van der Waals surface area contributed by atoms with Crippen LogP contribution in [0.4, 0.5) is 0 Å². The Morgan fingerprint density at radius 1 is 0.227 bits per heavy atom. The molecule has 0 aromatic rings. The zero-order chi connectivity index (χ0) is 29.8. The predicted molar refractivity (Wildman–Crippen MR) is 192 cm³/mol. The molecule has 10 fully saturated rings. The number of hydrogen-bond donors (Lipinski definition) is 0. The van der Waals surface area contributed by atoms with Gasteiger partial charge in [-0.3, -0.25) is 0 Å². The maximum Gasteiger partial charge on any atom is -0.0228 e. The number of hydrogen-bond acceptors (Lipinski definition) is 0. The van der Waals surface area contributed by atoms with Crippen molar-refractivity contribution in [1.82, 2.24) is 0 Å². The van der Waals surface area contributed by atoms with Crippen LogP contribution in [0.3, 0.4) is 0 Å². The van der Waals surface area contributed by atoms with E-state index in [9.17, 15) is 0 Å². The van der Waals surface area contributed by atoms with Crippen LogP contribution in [0, 0.1) is 59.2 Å². The second-order valence-corrected chi connectivity index (χ2v) is 17.8. The van der Waals surface area contributed by atoms with Gasteiger partial charge in [0.25, 0.3) is 0 Å². The summed E-state index contributed by atoms with van der Waals surface area (Å²) in [5.74, 6) is 12.1. The second-order valence-electron chi connectivity index (χ2n) is 17.8. The van der Waals surface area contributed by atoms with Crippen LogP contribution in [0.5, 0.6) is 0 Å². The SMILES string of the molecule is C1=CC2CCC1C2.C1C2C3CC4C5CC3C1C5C24.C1CCCC1.C1CCCCC1.C1CCCCCC1.C1CCCCCCC1. The average molecular weight is 605 g/mol. The summed E-state index contributed by atoms with van der Waals surface area (Å²) < 4.78 is 0. The molecule has 0 aliphatic heterocycles. The second kappa shape index (κ2) is 18.3. The van der Waals surface area contributed by atoms with Gasteiger partial charge in [-0.15, -0.1) is 0 Å². The largest absolute Gasteiger partial charge is 0.0851 e. The highest BCUT2D eigenvalue weighted by Crippen LogP contribution is 2.82. The van der Waals surface area contributed by atoms with Crippen molar-refractivity contribution < 1.29 is 0 Å². The molecule has 10 saturated carbocycles. The molecule has 0 aromatic heterocycles. The Kier molecular flexibility index (Phi) is 14.0. The lowest BCUT2D eigenvalue weighted by Gasteiger charge is -2.45. The lowest BCUT2D eigenvalue weighted by atomic mass is 9.60. The smallest absolute Gasteiger partial charge is 0.0228 e. The van der Waals surface area contributed by atoms with Gasteiger partial charge in [0.1, 0.15) is 0 Å². The fraction of sp³-hybridized carbons (Fsp3) is 0.955. The maximum absolute atomic E-state index is 2.38. The number of rotatable bonds is 0. The Morgan fingerprint density at radius 3 is 0.614 bits per heavy atom. The van der Waals surface area contributed by atoms with Crippen molar-refractivity contribution in [3.8, 4) is 0 Å². The molecule has 11 aliphatic rings. The van der Waals surface area contributed by atoms with Crippen molar-refractivity contribution in [2.75, 3.05) is 0 Å². The molecule has 0 amide bonds. The van der Waals surface area contributed by atoms with Crippen LogP contribution in [0.1, 0.15) is 205 Å². The van der Waals surface area contributed by atoms with Crippen molar-refractivity contribution in [1.29, 1.82) is 0 Å². The van der Waals surface area contributed by atoms with Crippen LogP contribution in [0.15, 0.2) is 12.2 Å². The van der Waals surface area contributed by atoms with E-state index in [1.54, 1.807) is 19.3 Å². The molecule has 10 atom stereocenters. The number of allylic oxidation sites excluding steroid dienone is 2. The van der Waals surface area contributed by atoms with Gasteiger partial charge in [0, 0.05) is 0 Å². The summed E-state index contributed by atoms with van der Waals surface area (Å²) in [6.45, 7) is 0. The molecule has 11 rings (SSSR count). The van der Waals surface area contributed by atoms with E-state index in [1.165, 1.54) is 234 Å². The van der Waals surface area contributed by atoms with Crippen LogP contribution >= 0.6 is 0 Å². The van der Waals surface area contributed by atoms with Gasteiger partial charge in [0.05, 0.1) is 0 Å². The summed E-state index contributed by atoms with van der Waals surface area (Å²) in [4.78, 5) is 0. The summed E-state index contributed by atoms with van der Waals surface area (Å²) in [5.41, 5.74) is 0. The molecule has 0 aromatic carbocycles. The van der Waals surface area contributed by atoms with E-state index in [2.05, 4.69) is 12.2 Å². The highest BCUT2D eigenvalue weighted by atomic mass is 14.8. The van der Waals surface area contributed by atoms with Crippen molar-refractivity contribution in [3.05, 3.63) is 12.2 Å². The van der Waals surface area contributed by atoms with Crippen molar-refractivity contribution in [2.24, 2.45) is 59.2 Å². The normalized spacial score (nSPS) is 42.7. The molecule has 44 heavy (non-hydrogen) atoms. The third-order valence-electron chi connectivity index (χ3n) is 14.9. The molecule has 0 heterocycles. The first-order valence-corrected chi connectivity index (χ1v) is 21.6. The lowest BCUT2D eigenvalue weighted by molar-refractivity contribution is 0.0250. The van der Waals surface area contributed by atoms with Crippen LogP contribution < -0.4 is 0 Å². The van der Waals surface area contributed by atoms with E-state index in [4.69, 9.17) is 0 Å². The average Bonchev–Trinajstić information content (AvgIpc) is 3.89. The number of fused-ring (bicyclic) bond motifs is 4. The molecule has 0 spiro atoms. The van der Waals surface area contributed by atoms with E-state index in [-0.39, 0.29) is 0 Å². The minimum atomic E-state index is 0.991. The van der Waals surface area contributed by atoms with E-state index in [1.807, 2.05) is 0 Å². The summed E-state index contributed by atoms with van der Waals surface area (Å²) in [6.07, 6.45) is 53.2. The zero-order valence-corrected chi connectivity index (χ0v) is 29.6. The highest BCUT2D eigenvalue weighted by molar-refractivity contribution is 5.25. The Morgan fingerprint density at radius 2 is 0.432 bits per heavy atom. The summed E-state index contributed by atoms with van der Waals surface area (Å²) >= 11 is 0. The van der Waals surface area contributed by atoms with Gasteiger partial charge >= 0.3 is 0 Å². The topological polar surface area (TPSA) is 0 Å². The van der Waals surface area contributed by atoms with Gasteiger partial charge in [-0.1, -0.05) is 179 Å². The van der Waals surface area contributed by atoms with E-state index < -0.39 is 0 Å². The van der Waals surface area contributed by atoms with Gasteiger partial charge < -0.3 is 0 Å². The quantitative estimate of drug-likeness (QED) is 0.191. The minimum absolute atomic E-state index is 0.991. The minimum Gasteiger partial charge on any atom is -0.0851 e. The van der Waals surface area contributed by atoms with Crippen LogP contribution in [-0.2, 0) is 0 Å². The first-order chi connectivity index (χ1) is 21.9. The van der Waals surface area contributed by atoms with Gasteiger partial charge in [0.2, 0.25) is 0 Å². The molecule has 252 valence electrons. The van der Waals surface area contributed by atoms with Gasteiger partial charge in [-0.25, -0.2) is 0 Å². The Balaban J connectivity index is 0.0000000958. The lowest BCUT2D eigenvalue weighted by Crippen LogP contribution is -2.40. The Hall–Kier alpha value is -0.260. The first kappa shape index (κ1) is 33.6. The third-order valence-corrected chi connectivity index (χ3v) is 14.9. The first-order valence-electron chi connectivity index (χ1n) is 21.6. The zero-order valence-electron chi connectivity index (χ0n) is 29.6. The molecular weight excluding hydrogens is 528 g/mol.